The van der Waals surface area contributed by atoms with E-state index in [0.29, 0.717) is 27.6 Å². The maximum Gasteiger partial charge on any atom is 0.0594 e. The molecule has 10 atom stereocenters. The molecule has 0 radical (unpaired) electrons. The monoisotopic (exact) mass is 426 g/mol. The highest BCUT2D eigenvalue weighted by atomic mass is 16.3. The second kappa shape index (κ2) is 6.64. The molecule has 5 aliphatic carbocycles. The van der Waals surface area contributed by atoms with Gasteiger partial charge in [0.05, 0.1) is 6.10 Å². The van der Waals surface area contributed by atoms with Gasteiger partial charge < -0.3 is 5.11 Å². The standard InChI is InChI=1S/C30H50O/c1-19-11-14-27(5)17-18-29(7)21(25(27)20(19)2)9-10-23-28(6)15-13-24(31)26(3,4)22(28)12-16-30(23,29)8/h9,19-20,22-25,31H,10-18H2,1-8H3/t19?,20?,22-,23-,24?,25-,27-,28+,29+,30-/m1/s1. The third-order valence-corrected chi connectivity index (χ3v) is 13.4. The first-order chi connectivity index (χ1) is 14.3. The summed E-state index contributed by atoms with van der Waals surface area (Å²) in [6.45, 7) is 20.5. The Kier molecular flexibility index (Phi) is 4.82. The number of rotatable bonds is 0. The van der Waals surface area contributed by atoms with Crippen molar-refractivity contribution in [2.24, 2.45) is 56.7 Å². The van der Waals surface area contributed by atoms with Crippen LogP contribution in [0.15, 0.2) is 11.6 Å². The number of aliphatic hydroxyl groups excluding tert-OH is 1. The zero-order valence-electron chi connectivity index (χ0n) is 21.9. The molecule has 4 saturated carbocycles. The fourth-order valence-corrected chi connectivity index (χ4v) is 10.8. The lowest BCUT2D eigenvalue weighted by atomic mass is 9.33. The van der Waals surface area contributed by atoms with Crippen LogP contribution < -0.4 is 0 Å². The molecule has 3 unspecified atom stereocenters. The molecule has 0 spiro atoms. The number of hydrogen-bond donors (Lipinski definition) is 1. The van der Waals surface area contributed by atoms with Gasteiger partial charge in [-0.15, -0.1) is 0 Å². The molecule has 1 heteroatoms. The Hall–Kier alpha value is -0.300. The van der Waals surface area contributed by atoms with Crippen LogP contribution in [0, 0.1) is 56.7 Å². The van der Waals surface area contributed by atoms with Crippen molar-refractivity contribution in [3.05, 3.63) is 11.6 Å². The van der Waals surface area contributed by atoms with Crippen LogP contribution in [0.4, 0.5) is 0 Å². The van der Waals surface area contributed by atoms with Gasteiger partial charge in [0.1, 0.15) is 0 Å². The number of aliphatic hydroxyl groups is 1. The largest absolute Gasteiger partial charge is 0.393 e. The van der Waals surface area contributed by atoms with Gasteiger partial charge in [-0.25, -0.2) is 0 Å². The summed E-state index contributed by atoms with van der Waals surface area (Å²) in [6.07, 6.45) is 14.5. The highest BCUT2D eigenvalue weighted by Gasteiger charge is 2.67. The number of hydrogen-bond acceptors (Lipinski definition) is 1. The van der Waals surface area contributed by atoms with Crippen LogP contribution in [0.5, 0.6) is 0 Å². The van der Waals surface area contributed by atoms with Gasteiger partial charge in [0, 0.05) is 0 Å². The summed E-state index contributed by atoms with van der Waals surface area (Å²) < 4.78 is 0. The predicted molar refractivity (Wildman–Crippen MR) is 131 cm³/mol. The van der Waals surface area contributed by atoms with E-state index in [1.54, 1.807) is 0 Å². The molecule has 0 saturated heterocycles. The predicted octanol–water partition coefficient (Wildman–Crippen LogP) is 8.02. The average Bonchev–Trinajstić information content (AvgIpc) is 2.69. The van der Waals surface area contributed by atoms with Gasteiger partial charge >= 0.3 is 0 Å². The third kappa shape index (κ3) is 2.65. The highest BCUT2D eigenvalue weighted by molar-refractivity contribution is 5.33. The topological polar surface area (TPSA) is 20.2 Å². The molecule has 0 amide bonds. The molecule has 0 aliphatic heterocycles. The van der Waals surface area contributed by atoms with Gasteiger partial charge in [0.2, 0.25) is 0 Å². The van der Waals surface area contributed by atoms with E-state index in [2.05, 4.69) is 61.5 Å². The van der Waals surface area contributed by atoms with Crippen molar-refractivity contribution in [3.63, 3.8) is 0 Å². The van der Waals surface area contributed by atoms with Crippen LogP contribution in [0.1, 0.15) is 113 Å². The fraction of sp³-hybridized carbons (Fsp3) is 0.933. The maximum atomic E-state index is 10.9. The Morgan fingerprint density at radius 2 is 1.52 bits per heavy atom. The molecule has 5 aliphatic rings. The molecule has 5 rings (SSSR count). The average molecular weight is 427 g/mol. The lowest BCUT2D eigenvalue weighted by Gasteiger charge is -2.71. The summed E-state index contributed by atoms with van der Waals surface area (Å²) in [4.78, 5) is 0. The lowest BCUT2D eigenvalue weighted by Crippen LogP contribution is -2.64. The van der Waals surface area contributed by atoms with E-state index in [9.17, 15) is 5.11 Å². The van der Waals surface area contributed by atoms with Gasteiger partial charge in [0.15, 0.2) is 0 Å². The second-order valence-electron chi connectivity index (χ2n) is 14.7. The quantitative estimate of drug-likeness (QED) is 0.389. The van der Waals surface area contributed by atoms with Crippen molar-refractivity contribution in [1.82, 2.24) is 0 Å². The first-order valence-electron chi connectivity index (χ1n) is 13.7. The number of fused-ring (bicyclic) bond motifs is 7. The molecule has 1 nitrogen and oxygen atoms in total. The Bertz CT molecular complexity index is 779. The van der Waals surface area contributed by atoms with E-state index in [1.165, 1.54) is 51.4 Å². The van der Waals surface area contributed by atoms with Crippen molar-refractivity contribution < 1.29 is 5.11 Å². The molecule has 0 bridgehead atoms. The van der Waals surface area contributed by atoms with Crippen molar-refractivity contribution in [1.29, 1.82) is 0 Å². The van der Waals surface area contributed by atoms with Gasteiger partial charge in [-0.3, -0.25) is 0 Å². The Balaban J connectivity index is 1.59. The number of allylic oxidation sites excluding steroid dienone is 2. The zero-order valence-corrected chi connectivity index (χ0v) is 21.9. The Morgan fingerprint density at radius 3 is 2.23 bits per heavy atom. The summed E-state index contributed by atoms with van der Waals surface area (Å²) in [5.41, 5.74) is 3.60. The minimum absolute atomic E-state index is 0.0533. The molecule has 4 fully saturated rings. The van der Waals surface area contributed by atoms with Crippen LogP contribution in [-0.4, -0.2) is 11.2 Å². The van der Waals surface area contributed by atoms with Crippen molar-refractivity contribution >= 4 is 0 Å². The SMILES string of the molecule is CC1CC[C@]2(C)CC[C@@]3(C)C(=CC[C@@H]4[C@@]5(C)CCC(O)C(C)(C)[C@H]5CC[C@]43C)[C@H]2C1C. The molecule has 1 N–H and O–H groups in total. The zero-order chi connectivity index (χ0) is 22.6. The molecule has 0 aromatic carbocycles. The molecular weight excluding hydrogens is 376 g/mol. The maximum absolute atomic E-state index is 10.9. The molecular formula is C30H50O. The fourth-order valence-electron chi connectivity index (χ4n) is 10.8. The van der Waals surface area contributed by atoms with Crippen molar-refractivity contribution in [3.8, 4) is 0 Å². The molecule has 0 heterocycles. The van der Waals surface area contributed by atoms with Crippen LogP contribution >= 0.6 is 0 Å². The van der Waals surface area contributed by atoms with Gasteiger partial charge in [0.25, 0.3) is 0 Å². The minimum atomic E-state index is -0.125. The molecule has 0 aromatic heterocycles. The van der Waals surface area contributed by atoms with Gasteiger partial charge in [-0.1, -0.05) is 67.0 Å². The van der Waals surface area contributed by atoms with E-state index in [1.807, 2.05) is 5.57 Å². The summed E-state index contributed by atoms with van der Waals surface area (Å²) in [5.74, 6) is 3.90. The van der Waals surface area contributed by atoms with Crippen molar-refractivity contribution in [2.45, 2.75) is 119 Å². The lowest BCUT2D eigenvalue weighted by molar-refractivity contribution is -0.203. The van der Waals surface area contributed by atoms with Crippen LogP contribution in [0.3, 0.4) is 0 Å². The summed E-state index contributed by atoms with van der Waals surface area (Å²) >= 11 is 0. The van der Waals surface area contributed by atoms with Gasteiger partial charge in [-0.05, 0) is 114 Å². The van der Waals surface area contributed by atoms with Crippen LogP contribution in [0.2, 0.25) is 0 Å². The normalized spacial score (nSPS) is 58.3. The second-order valence-corrected chi connectivity index (χ2v) is 14.7. The molecule has 0 aromatic rings. The highest BCUT2D eigenvalue weighted by Crippen LogP contribution is 2.75. The molecule has 31 heavy (non-hydrogen) atoms. The minimum Gasteiger partial charge on any atom is -0.393 e. The van der Waals surface area contributed by atoms with E-state index >= 15 is 0 Å². The van der Waals surface area contributed by atoms with E-state index < -0.39 is 0 Å². The van der Waals surface area contributed by atoms with Crippen LogP contribution in [0.25, 0.3) is 0 Å². The van der Waals surface area contributed by atoms with Crippen LogP contribution in [-0.2, 0) is 0 Å². The molecule has 176 valence electrons. The van der Waals surface area contributed by atoms with Gasteiger partial charge in [-0.2, -0.15) is 0 Å². The first-order valence-corrected chi connectivity index (χ1v) is 13.7. The first kappa shape index (κ1) is 22.5. The Labute approximate surface area is 192 Å². The summed E-state index contributed by atoms with van der Waals surface area (Å²) in [6, 6.07) is 0. The smallest absolute Gasteiger partial charge is 0.0594 e. The van der Waals surface area contributed by atoms with E-state index in [0.717, 1.165) is 30.1 Å². The third-order valence-electron chi connectivity index (χ3n) is 13.4. The Morgan fingerprint density at radius 1 is 0.806 bits per heavy atom. The van der Waals surface area contributed by atoms with E-state index in [4.69, 9.17) is 0 Å². The van der Waals surface area contributed by atoms with Crippen molar-refractivity contribution in [2.75, 3.05) is 0 Å². The summed E-state index contributed by atoms with van der Waals surface area (Å²) in [7, 11) is 0. The van der Waals surface area contributed by atoms with E-state index in [-0.39, 0.29) is 11.5 Å². The summed E-state index contributed by atoms with van der Waals surface area (Å²) in [5, 5.41) is 10.9.